The van der Waals surface area contributed by atoms with E-state index in [1.807, 2.05) is 0 Å². The van der Waals surface area contributed by atoms with Gasteiger partial charge < -0.3 is 75.4 Å². The Hall–Kier alpha value is -3.85. The van der Waals surface area contributed by atoms with E-state index < -0.39 is 73.2 Å². The van der Waals surface area contributed by atoms with E-state index in [1.165, 1.54) is 12.3 Å². The molecule has 1 aliphatic carbocycles. The van der Waals surface area contributed by atoms with E-state index in [4.69, 9.17) is 34.5 Å². The van der Waals surface area contributed by atoms with Gasteiger partial charge in [-0.1, -0.05) is 24.6 Å². The summed E-state index contributed by atoms with van der Waals surface area (Å²) in [6, 6.07) is 0. The van der Waals surface area contributed by atoms with Crippen molar-refractivity contribution >= 4 is 17.9 Å². The third-order valence-corrected chi connectivity index (χ3v) is 9.63. The number of esters is 1. The van der Waals surface area contributed by atoms with Gasteiger partial charge in [-0.25, -0.2) is 9.59 Å². The summed E-state index contributed by atoms with van der Waals surface area (Å²) in [5.74, 6) is -6.75. The number of nitrogens with one attached hydrogen (secondary N) is 1. The summed E-state index contributed by atoms with van der Waals surface area (Å²) >= 11 is 0. The van der Waals surface area contributed by atoms with Crippen molar-refractivity contribution in [3.63, 3.8) is 0 Å². The zero-order valence-corrected chi connectivity index (χ0v) is 31.2. The number of guanidine groups is 1. The van der Waals surface area contributed by atoms with Crippen molar-refractivity contribution in [1.29, 1.82) is 0 Å². The molecule has 0 spiro atoms. The molecule has 1 saturated heterocycles. The highest BCUT2D eigenvalue weighted by atomic mass is 16.8. The zero-order chi connectivity index (χ0) is 40.3. The van der Waals surface area contributed by atoms with Crippen molar-refractivity contribution in [1.82, 2.24) is 10.2 Å². The number of β-amino-alcohol motifs (C(OH)–C–C–N with tert-alkyl or cyclic N) is 1. The minimum Gasteiger partial charge on any atom is -0.478 e. The van der Waals surface area contributed by atoms with Crippen molar-refractivity contribution in [2.75, 3.05) is 39.5 Å². The van der Waals surface area contributed by atoms with Crippen LogP contribution in [0.1, 0.15) is 52.4 Å². The Kier molecular flexibility index (Phi) is 16.2. The first-order valence-corrected chi connectivity index (χ1v) is 18.5. The number of carboxylic acids is 1. The molecular weight excluding hydrogens is 724 g/mol. The van der Waals surface area contributed by atoms with Crippen molar-refractivity contribution in [3.8, 4) is 0 Å². The van der Waals surface area contributed by atoms with Crippen LogP contribution in [0.4, 0.5) is 0 Å². The SMILES string of the molecule is C=CC1C(OC2OC(CO)C(O)C(O)(O)C2OC(C)C)OC=C(C(=O)OC2CCCCC2)C1C=CC1=CN(CCO)CC(C(=O)O)=C1NC(N)=NCCCO. The Bertz CT molecular complexity index is 1490. The number of rotatable bonds is 17. The number of carbonyl (C=O) groups excluding carboxylic acids is 1. The molecule has 0 bridgehead atoms. The summed E-state index contributed by atoms with van der Waals surface area (Å²) in [7, 11) is 0. The number of carbonyl (C=O) groups is 2. The van der Waals surface area contributed by atoms with Crippen molar-refractivity contribution in [2.45, 2.75) is 101 Å². The molecule has 4 aliphatic rings. The smallest absolute Gasteiger partial charge is 0.338 e. The first-order chi connectivity index (χ1) is 26.2. The molecular formula is C37H56N4O14. The lowest BCUT2D eigenvalue weighted by atomic mass is 9.83. The van der Waals surface area contributed by atoms with Crippen LogP contribution >= 0.6 is 0 Å². The van der Waals surface area contributed by atoms with Gasteiger partial charge in [-0.15, -0.1) is 6.58 Å². The van der Waals surface area contributed by atoms with Crippen LogP contribution in [-0.2, 0) is 33.3 Å². The Morgan fingerprint density at radius 1 is 1.16 bits per heavy atom. The van der Waals surface area contributed by atoms with E-state index in [-0.39, 0.29) is 61.8 Å². The maximum atomic E-state index is 13.8. The number of carboxylic acid groups (broad SMARTS) is 1. The molecule has 0 aromatic rings. The van der Waals surface area contributed by atoms with E-state index in [9.17, 15) is 40.2 Å². The number of nitrogens with two attached hydrogens (primary N) is 1. The molecule has 1 saturated carbocycles. The highest BCUT2D eigenvalue weighted by Gasteiger charge is 2.57. The topological polar surface area (TPSA) is 276 Å². The third kappa shape index (κ3) is 11.1. The molecule has 10 N–H and O–H groups in total. The predicted molar refractivity (Wildman–Crippen MR) is 195 cm³/mol. The Morgan fingerprint density at radius 3 is 2.51 bits per heavy atom. The second kappa shape index (κ2) is 20.4. The third-order valence-electron chi connectivity index (χ3n) is 9.63. The monoisotopic (exact) mass is 780 g/mol. The molecule has 308 valence electrons. The van der Waals surface area contributed by atoms with E-state index >= 15 is 0 Å². The van der Waals surface area contributed by atoms with E-state index in [0.717, 1.165) is 19.3 Å². The molecule has 0 amide bonds. The predicted octanol–water partition coefficient (Wildman–Crippen LogP) is -0.536. The summed E-state index contributed by atoms with van der Waals surface area (Å²) < 4.78 is 29.5. The van der Waals surface area contributed by atoms with Crippen LogP contribution in [0, 0.1) is 11.8 Å². The number of aliphatic carboxylic acids is 1. The van der Waals surface area contributed by atoms with Crippen LogP contribution < -0.4 is 11.1 Å². The van der Waals surface area contributed by atoms with Gasteiger partial charge in [0.2, 0.25) is 12.1 Å². The number of aliphatic imine (C=N–C) groups is 1. The van der Waals surface area contributed by atoms with Gasteiger partial charge in [-0.05, 0) is 46.0 Å². The fourth-order valence-corrected chi connectivity index (χ4v) is 6.81. The highest BCUT2D eigenvalue weighted by molar-refractivity contribution is 5.92. The lowest BCUT2D eigenvalue weighted by Crippen LogP contribution is -2.69. The molecule has 7 atom stereocenters. The molecule has 0 aromatic carbocycles. The molecule has 3 heterocycles. The van der Waals surface area contributed by atoms with Crippen molar-refractivity contribution < 1.29 is 69.0 Å². The fourth-order valence-electron chi connectivity index (χ4n) is 6.81. The van der Waals surface area contributed by atoms with Gasteiger partial charge in [0.25, 0.3) is 0 Å². The molecule has 2 fully saturated rings. The average molecular weight is 781 g/mol. The standard InChI is InChI=1S/C37H56N4O14/c1-4-24-25(12-11-22-17-41(14-16-43)18-26(32(46)47)29(22)40-36(38)39-13-8-15-42)27(33(48)53-23-9-6-5-7-10-23)20-51-34(24)55-35-31(52-21(2)3)37(49,50)30(45)28(19-44)54-35/h4,11-12,17,20-21,23-25,28,30-31,34-35,42-45,49-50H,1,5-10,13-16,18-19H2,2-3H3,(H,46,47)(H3,38,39,40). The minimum atomic E-state index is -2.92. The van der Waals surface area contributed by atoms with Gasteiger partial charge in [-0.3, -0.25) is 4.99 Å². The number of aliphatic hydroxyl groups is 6. The summed E-state index contributed by atoms with van der Waals surface area (Å²) in [6.45, 7) is 6.22. The lowest BCUT2D eigenvalue weighted by molar-refractivity contribution is -0.413. The van der Waals surface area contributed by atoms with Crippen molar-refractivity contribution in [3.05, 3.63) is 59.7 Å². The average Bonchev–Trinajstić information content (AvgIpc) is 3.14. The molecule has 18 nitrogen and oxygen atoms in total. The Balaban J connectivity index is 1.76. The molecule has 0 aromatic heterocycles. The number of ether oxygens (including phenoxy) is 5. The van der Waals surface area contributed by atoms with E-state index in [0.29, 0.717) is 24.8 Å². The summed E-state index contributed by atoms with van der Waals surface area (Å²) in [5.41, 5.74) is 6.52. The van der Waals surface area contributed by atoms with Crippen LogP contribution in [0.15, 0.2) is 64.7 Å². The summed E-state index contributed by atoms with van der Waals surface area (Å²) in [5, 5.41) is 74.3. The second-order valence-electron chi connectivity index (χ2n) is 14.0. The van der Waals surface area contributed by atoms with Crippen LogP contribution in [0.3, 0.4) is 0 Å². The summed E-state index contributed by atoms with van der Waals surface area (Å²) in [4.78, 5) is 32.1. The highest BCUT2D eigenvalue weighted by Crippen LogP contribution is 2.39. The number of aliphatic hydroxyl groups excluding tert-OH is 4. The van der Waals surface area contributed by atoms with E-state index in [1.54, 1.807) is 37.1 Å². The first-order valence-electron chi connectivity index (χ1n) is 18.5. The molecule has 55 heavy (non-hydrogen) atoms. The first kappa shape index (κ1) is 43.9. The normalized spacial score (nSPS) is 29.1. The molecule has 4 rings (SSSR count). The number of nitrogens with zero attached hydrogens (tertiary/aromatic N) is 2. The van der Waals surface area contributed by atoms with Crippen molar-refractivity contribution in [2.24, 2.45) is 22.6 Å². The van der Waals surface area contributed by atoms with Gasteiger partial charge >= 0.3 is 11.9 Å². The molecule has 0 radical (unpaired) electrons. The van der Waals surface area contributed by atoms with Crippen LogP contribution in [0.5, 0.6) is 0 Å². The fraction of sp³-hybridized carbons (Fsp3) is 0.649. The van der Waals surface area contributed by atoms with Gasteiger partial charge in [0, 0.05) is 37.4 Å². The minimum absolute atomic E-state index is 0.0808. The largest absolute Gasteiger partial charge is 0.478 e. The van der Waals surface area contributed by atoms with Gasteiger partial charge in [-0.2, -0.15) is 0 Å². The second-order valence-corrected chi connectivity index (χ2v) is 14.0. The Labute approximate surface area is 319 Å². The number of hydrogen-bond donors (Lipinski definition) is 9. The van der Waals surface area contributed by atoms with Crippen LogP contribution in [0.25, 0.3) is 0 Å². The lowest BCUT2D eigenvalue weighted by Gasteiger charge is -2.48. The molecule has 3 aliphatic heterocycles. The van der Waals surface area contributed by atoms with Crippen LogP contribution in [-0.4, -0.2) is 147 Å². The zero-order valence-electron chi connectivity index (χ0n) is 31.2. The maximum absolute atomic E-state index is 13.8. The summed E-state index contributed by atoms with van der Waals surface area (Å²) in [6.07, 6.45) is 3.03. The molecule has 18 heteroatoms. The van der Waals surface area contributed by atoms with E-state index in [2.05, 4.69) is 16.9 Å². The van der Waals surface area contributed by atoms with Crippen LogP contribution in [0.2, 0.25) is 0 Å². The molecule has 7 unspecified atom stereocenters. The maximum Gasteiger partial charge on any atom is 0.338 e. The number of allylic oxidation sites excluding steroid dienone is 2. The van der Waals surface area contributed by atoms with Gasteiger partial charge in [0.05, 0.1) is 54.9 Å². The van der Waals surface area contributed by atoms with Gasteiger partial charge in [0.1, 0.15) is 18.3 Å². The quantitative estimate of drug-likeness (QED) is 0.0224. The Morgan fingerprint density at radius 2 is 1.89 bits per heavy atom. The van der Waals surface area contributed by atoms with Gasteiger partial charge in [0.15, 0.2) is 18.4 Å². The number of hydrogen-bond acceptors (Lipinski definition) is 15.